The number of aromatic nitrogens is 1. The van der Waals surface area contributed by atoms with Gasteiger partial charge in [-0.05, 0) is 18.2 Å². The molecule has 1 heterocycles. The van der Waals surface area contributed by atoms with Crippen molar-refractivity contribution in [3.8, 4) is 5.75 Å². The van der Waals surface area contributed by atoms with Crippen LogP contribution in [0.5, 0.6) is 5.75 Å². The van der Waals surface area contributed by atoms with Crippen LogP contribution >= 0.6 is 11.3 Å². The summed E-state index contributed by atoms with van der Waals surface area (Å²) in [6.45, 7) is 1.39. The first kappa shape index (κ1) is 14.1. The minimum atomic E-state index is -0.544. The molecule has 0 saturated heterocycles. The van der Waals surface area contributed by atoms with Crippen LogP contribution in [-0.4, -0.2) is 23.8 Å². The van der Waals surface area contributed by atoms with Gasteiger partial charge in [0, 0.05) is 17.9 Å². The smallest absolute Gasteiger partial charge is 0.257 e. The van der Waals surface area contributed by atoms with Gasteiger partial charge in [0.25, 0.3) is 5.91 Å². The molecule has 1 aromatic heterocycles. The summed E-state index contributed by atoms with van der Waals surface area (Å²) in [5.74, 6) is -1.18. The zero-order chi connectivity index (χ0) is 14.7. The molecule has 2 aromatic rings. The number of hydrogen-bond donors (Lipinski definition) is 1. The second kappa shape index (κ2) is 5.79. The molecule has 0 aliphatic rings. The number of Topliss-reactive ketones (excluding diaryl/α,β-unsaturated/α-hetero) is 1. The molecule has 0 aliphatic carbocycles. The maximum absolute atomic E-state index is 13.2. The first-order valence-corrected chi connectivity index (χ1v) is 6.50. The molecule has 0 aliphatic heterocycles. The molecule has 0 unspecified atom stereocenters. The van der Waals surface area contributed by atoms with Gasteiger partial charge in [-0.25, -0.2) is 9.37 Å². The van der Waals surface area contributed by atoms with Gasteiger partial charge in [0.1, 0.15) is 5.69 Å². The second-order valence-electron chi connectivity index (χ2n) is 3.90. The summed E-state index contributed by atoms with van der Waals surface area (Å²) in [4.78, 5) is 27.0. The Balaban J connectivity index is 2.17. The topological polar surface area (TPSA) is 68.3 Å². The number of anilines is 1. The van der Waals surface area contributed by atoms with Crippen LogP contribution in [0.2, 0.25) is 0 Å². The van der Waals surface area contributed by atoms with Gasteiger partial charge in [0.05, 0.1) is 7.11 Å². The number of halogens is 1. The van der Waals surface area contributed by atoms with Crippen molar-refractivity contribution < 1.29 is 18.7 Å². The lowest BCUT2D eigenvalue weighted by Gasteiger charge is -2.05. The molecule has 0 radical (unpaired) electrons. The van der Waals surface area contributed by atoms with E-state index in [9.17, 15) is 14.0 Å². The fourth-order valence-electron chi connectivity index (χ4n) is 1.46. The molecule has 1 N–H and O–H groups in total. The number of benzene rings is 1. The normalized spacial score (nSPS) is 10.2. The molecule has 20 heavy (non-hydrogen) atoms. The van der Waals surface area contributed by atoms with Crippen LogP contribution in [0.15, 0.2) is 23.6 Å². The monoisotopic (exact) mass is 294 g/mol. The Hall–Kier alpha value is -2.28. The molecule has 2 rings (SSSR count). The Morgan fingerprint density at radius 2 is 2.15 bits per heavy atom. The van der Waals surface area contributed by atoms with Gasteiger partial charge in [0.15, 0.2) is 22.5 Å². The van der Waals surface area contributed by atoms with Crippen LogP contribution in [0.3, 0.4) is 0 Å². The summed E-state index contributed by atoms with van der Waals surface area (Å²) in [7, 11) is 1.32. The van der Waals surface area contributed by atoms with E-state index in [2.05, 4.69) is 10.3 Å². The van der Waals surface area contributed by atoms with Crippen LogP contribution in [0.4, 0.5) is 9.52 Å². The minimum absolute atomic E-state index is 0.0128. The number of rotatable bonds is 4. The highest BCUT2D eigenvalue weighted by atomic mass is 32.1. The predicted molar refractivity (Wildman–Crippen MR) is 73.0 cm³/mol. The van der Waals surface area contributed by atoms with E-state index < -0.39 is 11.7 Å². The van der Waals surface area contributed by atoms with E-state index in [1.165, 1.54) is 26.2 Å². The Morgan fingerprint density at radius 1 is 1.40 bits per heavy atom. The third kappa shape index (κ3) is 3.00. The molecule has 0 bridgehead atoms. The molecule has 0 saturated carbocycles. The van der Waals surface area contributed by atoms with Crippen LogP contribution in [0.25, 0.3) is 0 Å². The van der Waals surface area contributed by atoms with E-state index in [1.54, 1.807) is 5.38 Å². The molecule has 1 aromatic carbocycles. The van der Waals surface area contributed by atoms with Crippen molar-refractivity contribution in [3.63, 3.8) is 0 Å². The van der Waals surface area contributed by atoms with Gasteiger partial charge in [-0.3, -0.25) is 14.9 Å². The molecule has 1 amide bonds. The number of ketones is 1. The molecule has 7 heteroatoms. The average Bonchev–Trinajstić information content (AvgIpc) is 2.88. The van der Waals surface area contributed by atoms with E-state index in [0.29, 0.717) is 10.8 Å². The van der Waals surface area contributed by atoms with E-state index in [1.807, 2.05) is 0 Å². The molecule has 0 atom stereocenters. The Kier molecular flexibility index (Phi) is 4.09. The highest BCUT2D eigenvalue weighted by Crippen LogP contribution is 2.20. The number of ether oxygens (including phenoxy) is 1. The number of carbonyl (C=O) groups is 2. The van der Waals surface area contributed by atoms with Crippen molar-refractivity contribution in [3.05, 3.63) is 40.7 Å². The maximum atomic E-state index is 13.2. The van der Waals surface area contributed by atoms with Crippen LogP contribution < -0.4 is 10.1 Å². The summed E-state index contributed by atoms with van der Waals surface area (Å²) in [5, 5.41) is 4.41. The number of nitrogens with one attached hydrogen (secondary N) is 1. The summed E-state index contributed by atoms with van der Waals surface area (Å²) in [5.41, 5.74) is 0.532. The highest BCUT2D eigenvalue weighted by Gasteiger charge is 2.13. The number of hydrogen-bond acceptors (Lipinski definition) is 5. The molecule has 104 valence electrons. The standard InChI is InChI=1S/C13H11FN2O3S/c1-7(17)10-6-20-13(15-10)16-12(18)8-3-4-9(14)11(5-8)19-2/h3-6H,1-2H3,(H,15,16,18). The molecular formula is C13H11FN2O3S. The average molecular weight is 294 g/mol. The summed E-state index contributed by atoms with van der Waals surface area (Å²) in [6.07, 6.45) is 0. The van der Waals surface area contributed by atoms with Crippen LogP contribution in [0.1, 0.15) is 27.8 Å². The zero-order valence-corrected chi connectivity index (χ0v) is 11.6. The minimum Gasteiger partial charge on any atom is -0.494 e. The maximum Gasteiger partial charge on any atom is 0.257 e. The van der Waals surface area contributed by atoms with Gasteiger partial charge in [-0.15, -0.1) is 11.3 Å². The van der Waals surface area contributed by atoms with Crippen LogP contribution in [0, 0.1) is 5.82 Å². The van der Waals surface area contributed by atoms with Gasteiger partial charge < -0.3 is 4.74 Å². The van der Waals surface area contributed by atoms with E-state index in [4.69, 9.17) is 4.74 Å². The van der Waals surface area contributed by atoms with Crippen molar-refractivity contribution in [2.45, 2.75) is 6.92 Å². The largest absolute Gasteiger partial charge is 0.494 e. The van der Waals surface area contributed by atoms with Gasteiger partial charge >= 0.3 is 0 Å². The van der Waals surface area contributed by atoms with Gasteiger partial charge in [0.2, 0.25) is 0 Å². The number of nitrogens with zero attached hydrogens (tertiary/aromatic N) is 1. The third-order valence-electron chi connectivity index (χ3n) is 2.50. The quantitative estimate of drug-likeness (QED) is 0.880. The van der Waals surface area contributed by atoms with Crippen molar-refractivity contribution in [2.75, 3.05) is 12.4 Å². The lowest BCUT2D eigenvalue weighted by atomic mass is 10.2. The van der Waals surface area contributed by atoms with Crippen LogP contribution in [-0.2, 0) is 0 Å². The molecule has 5 nitrogen and oxygen atoms in total. The van der Waals surface area contributed by atoms with Gasteiger partial charge in [-0.1, -0.05) is 0 Å². The fourth-order valence-corrected chi connectivity index (χ4v) is 2.21. The predicted octanol–water partition coefficient (Wildman–Crippen LogP) is 2.75. The molecule has 0 fully saturated rings. The summed E-state index contributed by atoms with van der Waals surface area (Å²) in [6, 6.07) is 3.79. The van der Waals surface area contributed by atoms with Crippen molar-refractivity contribution in [1.82, 2.24) is 4.98 Å². The van der Waals surface area contributed by atoms with E-state index in [0.717, 1.165) is 17.4 Å². The van der Waals surface area contributed by atoms with Gasteiger partial charge in [-0.2, -0.15) is 0 Å². The number of amides is 1. The SMILES string of the molecule is COc1cc(C(=O)Nc2nc(C(C)=O)cs2)ccc1F. The Morgan fingerprint density at radius 3 is 2.75 bits per heavy atom. The van der Waals surface area contributed by atoms with Crippen molar-refractivity contribution in [1.29, 1.82) is 0 Å². The lowest BCUT2D eigenvalue weighted by Crippen LogP contribution is -2.12. The fraction of sp³-hybridized carbons (Fsp3) is 0.154. The summed E-state index contributed by atoms with van der Waals surface area (Å²) < 4.78 is 18.1. The zero-order valence-electron chi connectivity index (χ0n) is 10.8. The molecular weight excluding hydrogens is 283 g/mol. The Bertz CT molecular complexity index is 669. The first-order chi connectivity index (χ1) is 9.51. The first-order valence-electron chi connectivity index (χ1n) is 5.62. The third-order valence-corrected chi connectivity index (χ3v) is 3.26. The van der Waals surface area contributed by atoms with Crippen molar-refractivity contribution in [2.24, 2.45) is 0 Å². The number of carbonyl (C=O) groups excluding carboxylic acids is 2. The number of thiazole rings is 1. The molecule has 0 spiro atoms. The van der Waals surface area contributed by atoms with E-state index >= 15 is 0 Å². The summed E-state index contributed by atoms with van der Waals surface area (Å²) >= 11 is 1.14. The lowest BCUT2D eigenvalue weighted by molar-refractivity contribution is 0.100. The number of methoxy groups -OCH3 is 1. The van der Waals surface area contributed by atoms with Crippen molar-refractivity contribution >= 4 is 28.2 Å². The Labute approximate surface area is 118 Å². The van der Waals surface area contributed by atoms with E-state index in [-0.39, 0.29) is 17.1 Å². The second-order valence-corrected chi connectivity index (χ2v) is 4.76. The highest BCUT2D eigenvalue weighted by molar-refractivity contribution is 7.14.